The molecule has 246 valence electrons. The predicted octanol–water partition coefficient (Wildman–Crippen LogP) is 11.6. The Hall–Kier alpha value is -6.65. The molecule has 52 heavy (non-hydrogen) atoms. The highest BCUT2D eigenvalue weighted by molar-refractivity contribution is 6.26. The normalized spacial score (nSPS) is 17.0. The van der Waals surface area contributed by atoms with Crippen molar-refractivity contribution in [1.82, 2.24) is 14.5 Å². The van der Waals surface area contributed by atoms with Crippen molar-refractivity contribution in [3.63, 3.8) is 0 Å². The molecule has 1 unspecified atom stereocenters. The van der Waals surface area contributed by atoms with Gasteiger partial charge in [0.15, 0.2) is 0 Å². The van der Waals surface area contributed by atoms with Crippen LogP contribution in [0.4, 0.5) is 0 Å². The Morgan fingerprint density at radius 1 is 0.596 bits per heavy atom. The summed E-state index contributed by atoms with van der Waals surface area (Å²) < 4.78 is 4.87. The van der Waals surface area contributed by atoms with Crippen LogP contribution in [-0.2, 0) is 0 Å². The molecule has 0 spiro atoms. The SMILES string of the molecule is C1=CCCC(c2ccc(-n3c4cc5c(cc4c4c6ccccc6ccc43)c3ccccc3n5C3=C(c4ccccc4)N=C4C=CC=CC4N3)cc2)=C1. The van der Waals surface area contributed by atoms with Gasteiger partial charge >= 0.3 is 0 Å². The van der Waals surface area contributed by atoms with E-state index in [1.54, 1.807) is 0 Å². The van der Waals surface area contributed by atoms with Crippen LogP contribution in [0.1, 0.15) is 24.0 Å². The standard InChI is InChI=1S/C48H34N4/c1-3-13-31(14-4-1)32-23-26-35(27-24-32)51-43-28-25-33-15-7-8-18-36(33)46(43)39-29-38-37-19-9-12-22-42(37)52(44(38)30-45(39)51)48-47(34-16-5-2-6-17-34)49-40-20-10-11-21-41(40)50-48/h1-3,5-13,15-30,41,50H,4,14H2. The lowest BCUT2D eigenvalue weighted by atomic mass is 9.97. The molecule has 0 saturated heterocycles. The van der Waals surface area contributed by atoms with E-state index in [-0.39, 0.29) is 6.04 Å². The van der Waals surface area contributed by atoms with E-state index in [0.717, 1.165) is 52.4 Å². The van der Waals surface area contributed by atoms with Crippen LogP contribution in [0.5, 0.6) is 0 Å². The summed E-state index contributed by atoms with van der Waals surface area (Å²) in [5.74, 6) is 0.984. The maximum absolute atomic E-state index is 5.33. The van der Waals surface area contributed by atoms with E-state index in [1.807, 2.05) is 0 Å². The second-order valence-corrected chi connectivity index (χ2v) is 13.9. The van der Waals surface area contributed by atoms with E-state index in [1.165, 1.54) is 54.5 Å². The number of benzene rings is 6. The average Bonchev–Trinajstić information content (AvgIpc) is 3.72. The molecule has 8 aromatic rings. The van der Waals surface area contributed by atoms with Gasteiger partial charge in [-0.2, -0.15) is 0 Å². The topological polar surface area (TPSA) is 34.2 Å². The van der Waals surface area contributed by atoms with E-state index < -0.39 is 0 Å². The van der Waals surface area contributed by atoms with Crippen molar-refractivity contribution in [2.45, 2.75) is 18.9 Å². The molecule has 1 atom stereocenters. The quantitative estimate of drug-likeness (QED) is 0.199. The predicted molar refractivity (Wildman–Crippen MR) is 220 cm³/mol. The number of aromatic nitrogens is 2. The number of nitrogens with zero attached hydrogens (tertiary/aromatic N) is 3. The summed E-state index contributed by atoms with van der Waals surface area (Å²) in [7, 11) is 0. The second-order valence-electron chi connectivity index (χ2n) is 13.9. The van der Waals surface area contributed by atoms with Crippen molar-refractivity contribution in [1.29, 1.82) is 0 Å². The van der Waals surface area contributed by atoms with Gasteiger partial charge in [-0.3, -0.25) is 4.57 Å². The van der Waals surface area contributed by atoms with Crippen LogP contribution < -0.4 is 5.32 Å². The molecule has 0 amide bonds. The number of rotatable bonds is 4. The molecule has 11 rings (SSSR count). The van der Waals surface area contributed by atoms with Crippen molar-refractivity contribution in [2.24, 2.45) is 4.99 Å². The van der Waals surface area contributed by atoms with E-state index in [4.69, 9.17) is 4.99 Å². The first-order chi connectivity index (χ1) is 25.8. The van der Waals surface area contributed by atoms with Crippen LogP contribution in [-0.4, -0.2) is 20.9 Å². The number of aliphatic imine (C=N–C) groups is 1. The van der Waals surface area contributed by atoms with Crippen molar-refractivity contribution in [3.8, 4) is 5.69 Å². The number of nitrogens with one attached hydrogen (secondary N) is 1. The minimum Gasteiger partial charge on any atom is -0.357 e. The number of hydrogen-bond donors (Lipinski definition) is 1. The van der Waals surface area contributed by atoms with Gasteiger partial charge in [-0.25, -0.2) is 4.99 Å². The van der Waals surface area contributed by atoms with Crippen LogP contribution in [0.25, 0.3) is 77.2 Å². The summed E-state index contributed by atoms with van der Waals surface area (Å²) in [6, 6.07) is 46.7. The fourth-order valence-corrected chi connectivity index (χ4v) is 8.56. The Morgan fingerprint density at radius 2 is 1.40 bits per heavy atom. The van der Waals surface area contributed by atoms with Crippen LogP contribution in [0, 0.1) is 0 Å². The zero-order valence-corrected chi connectivity index (χ0v) is 28.5. The molecule has 4 nitrogen and oxygen atoms in total. The third-order valence-electron chi connectivity index (χ3n) is 11.0. The van der Waals surface area contributed by atoms with Gasteiger partial charge < -0.3 is 9.88 Å². The molecule has 3 aliphatic rings. The molecule has 1 aliphatic heterocycles. The van der Waals surface area contributed by atoms with Crippen molar-refractivity contribution in [3.05, 3.63) is 181 Å². The largest absolute Gasteiger partial charge is 0.357 e. The van der Waals surface area contributed by atoms with Gasteiger partial charge in [0, 0.05) is 32.8 Å². The van der Waals surface area contributed by atoms with Crippen molar-refractivity contribution in [2.75, 3.05) is 0 Å². The zero-order chi connectivity index (χ0) is 34.2. The molecule has 1 N–H and O–H groups in total. The molecule has 6 aromatic carbocycles. The molecule has 0 saturated carbocycles. The third-order valence-corrected chi connectivity index (χ3v) is 11.0. The fourth-order valence-electron chi connectivity index (χ4n) is 8.56. The molecule has 2 aliphatic carbocycles. The highest BCUT2D eigenvalue weighted by Gasteiger charge is 2.27. The lowest BCUT2D eigenvalue weighted by Crippen LogP contribution is -2.38. The first kappa shape index (κ1) is 29.1. The second kappa shape index (κ2) is 11.4. The Morgan fingerprint density at radius 3 is 2.27 bits per heavy atom. The minimum atomic E-state index is -0.0153. The lowest BCUT2D eigenvalue weighted by Gasteiger charge is -2.29. The number of fused-ring (bicyclic) bond motifs is 9. The molecule has 4 heteroatoms. The van der Waals surface area contributed by atoms with Crippen LogP contribution in [0.15, 0.2) is 175 Å². The van der Waals surface area contributed by atoms with E-state index in [0.29, 0.717) is 0 Å². The van der Waals surface area contributed by atoms with Crippen LogP contribution in [0.3, 0.4) is 0 Å². The Labute approximate surface area is 301 Å². The monoisotopic (exact) mass is 666 g/mol. The Balaban J connectivity index is 1.25. The molecule has 0 radical (unpaired) electrons. The lowest BCUT2D eigenvalue weighted by molar-refractivity contribution is 0.837. The summed E-state index contributed by atoms with van der Waals surface area (Å²) in [5.41, 5.74) is 11.5. The Kier molecular flexibility index (Phi) is 6.41. The number of para-hydroxylation sites is 1. The summed E-state index contributed by atoms with van der Waals surface area (Å²) in [6.07, 6.45) is 17.3. The first-order valence-electron chi connectivity index (χ1n) is 18.2. The summed E-state index contributed by atoms with van der Waals surface area (Å²) in [5, 5.41) is 11.4. The van der Waals surface area contributed by atoms with Gasteiger partial charge in [-0.15, -0.1) is 0 Å². The molecular weight excluding hydrogens is 633 g/mol. The van der Waals surface area contributed by atoms with Crippen LogP contribution >= 0.6 is 0 Å². The highest BCUT2D eigenvalue weighted by Crippen LogP contribution is 2.43. The van der Waals surface area contributed by atoms with Gasteiger partial charge in [-0.05, 0) is 77.2 Å². The molecular formula is C48H34N4. The maximum Gasteiger partial charge on any atom is 0.138 e. The number of allylic oxidation sites excluding steroid dienone is 6. The molecule has 0 fully saturated rings. The molecule has 2 aromatic heterocycles. The van der Waals surface area contributed by atoms with Gasteiger partial charge in [0.05, 0.1) is 33.8 Å². The highest BCUT2D eigenvalue weighted by atomic mass is 15.2. The summed E-state index contributed by atoms with van der Waals surface area (Å²) in [6.45, 7) is 0. The minimum absolute atomic E-state index is 0.0153. The average molecular weight is 667 g/mol. The first-order valence-corrected chi connectivity index (χ1v) is 18.2. The van der Waals surface area contributed by atoms with Gasteiger partial charge in [0.1, 0.15) is 11.5 Å². The zero-order valence-electron chi connectivity index (χ0n) is 28.5. The summed E-state index contributed by atoms with van der Waals surface area (Å²) in [4.78, 5) is 5.33. The van der Waals surface area contributed by atoms with Crippen molar-refractivity contribution < 1.29 is 0 Å². The van der Waals surface area contributed by atoms with Crippen LogP contribution in [0.2, 0.25) is 0 Å². The summed E-state index contributed by atoms with van der Waals surface area (Å²) >= 11 is 0. The van der Waals surface area contributed by atoms with Crippen molar-refractivity contribution >= 4 is 77.2 Å². The van der Waals surface area contributed by atoms with E-state index in [2.05, 4.69) is 184 Å². The number of hydrogen-bond acceptors (Lipinski definition) is 2. The fraction of sp³-hybridized carbons (Fsp3) is 0.0625. The van der Waals surface area contributed by atoms with Gasteiger partial charge in [0.2, 0.25) is 0 Å². The maximum atomic E-state index is 5.33. The third kappa shape index (κ3) is 4.37. The van der Waals surface area contributed by atoms with Gasteiger partial charge in [-0.1, -0.05) is 127 Å². The molecule has 0 bridgehead atoms. The van der Waals surface area contributed by atoms with E-state index in [9.17, 15) is 0 Å². The smallest absolute Gasteiger partial charge is 0.138 e. The molecule has 3 heterocycles. The van der Waals surface area contributed by atoms with Gasteiger partial charge in [0.25, 0.3) is 0 Å². The Bertz CT molecular complexity index is 2960. The van der Waals surface area contributed by atoms with E-state index >= 15 is 0 Å².